The summed E-state index contributed by atoms with van der Waals surface area (Å²) in [5, 5.41) is 8.75. The summed E-state index contributed by atoms with van der Waals surface area (Å²) in [6, 6.07) is 2.62. The third-order valence-electron chi connectivity index (χ3n) is 2.12. The number of hydrogen-bond acceptors (Lipinski definition) is 5. The summed E-state index contributed by atoms with van der Waals surface area (Å²) < 4.78 is 0.798. The van der Waals surface area contributed by atoms with Crippen LogP contribution in [0.2, 0.25) is 10.0 Å². The van der Waals surface area contributed by atoms with E-state index in [2.05, 4.69) is 15.5 Å². The van der Waals surface area contributed by atoms with Gasteiger partial charge < -0.3 is 0 Å². The summed E-state index contributed by atoms with van der Waals surface area (Å²) in [4.78, 5) is 33.2. The first-order valence-electron chi connectivity index (χ1n) is 4.54. The van der Waals surface area contributed by atoms with Crippen LogP contribution in [0, 0.1) is 0 Å². The molecule has 0 unspecified atom stereocenters. The monoisotopic (exact) mass is 286 g/mol. The summed E-state index contributed by atoms with van der Waals surface area (Å²) >= 11 is 11.8. The lowest BCUT2D eigenvalue weighted by Gasteiger charge is -2.07. The fourth-order valence-electron chi connectivity index (χ4n) is 1.33. The van der Waals surface area contributed by atoms with Gasteiger partial charge in [0.15, 0.2) is 6.29 Å². The Bertz CT molecular complexity index is 691. The number of aldehydes is 1. The molecular formula is C9H4Cl2N4O3. The number of aromatic amines is 1. The maximum atomic E-state index is 11.4. The van der Waals surface area contributed by atoms with Crippen molar-refractivity contribution in [3.8, 4) is 5.69 Å². The Morgan fingerprint density at radius 2 is 2.11 bits per heavy atom. The fourth-order valence-corrected chi connectivity index (χ4v) is 1.96. The van der Waals surface area contributed by atoms with E-state index in [0.717, 1.165) is 4.68 Å². The minimum Gasteiger partial charge on any atom is -0.294 e. The second kappa shape index (κ2) is 4.71. The standard InChI is InChI=1S/C9H4Cl2N4O3/c10-5-2-1-4(6(17)3-16)7(11)8(5)15-9(18)12-13-14-15/h1-3H,(H,12,14,18). The summed E-state index contributed by atoms with van der Waals surface area (Å²) in [6.07, 6.45) is 0.116. The maximum absolute atomic E-state index is 11.4. The highest BCUT2D eigenvalue weighted by atomic mass is 35.5. The van der Waals surface area contributed by atoms with Gasteiger partial charge in [-0.1, -0.05) is 23.2 Å². The minimum atomic E-state index is -0.825. The largest absolute Gasteiger partial charge is 0.365 e. The van der Waals surface area contributed by atoms with Crippen molar-refractivity contribution in [3.63, 3.8) is 0 Å². The van der Waals surface area contributed by atoms with Gasteiger partial charge in [0.2, 0.25) is 5.78 Å². The molecule has 0 fully saturated rings. The quantitative estimate of drug-likeness (QED) is 0.507. The van der Waals surface area contributed by atoms with Crippen molar-refractivity contribution in [2.75, 3.05) is 0 Å². The van der Waals surface area contributed by atoms with Crippen molar-refractivity contribution in [3.05, 3.63) is 38.2 Å². The first-order chi connectivity index (χ1) is 8.56. The summed E-state index contributed by atoms with van der Waals surface area (Å²) in [5.41, 5.74) is -0.750. The van der Waals surface area contributed by atoms with Crippen LogP contribution in [0.4, 0.5) is 0 Å². The number of hydrogen-bond donors (Lipinski definition) is 1. The first-order valence-corrected chi connectivity index (χ1v) is 5.30. The molecular weight excluding hydrogens is 283 g/mol. The van der Waals surface area contributed by atoms with Gasteiger partial charge in [-0.3, -0.25) is 9.59 Å². The van der Waals surface area contributed by atoms with Gasteiger partial charge in [0.1, 0.15) is 5.69 Å². The van der Waals surface area contributed by atoms with Gasteiger partial charge in [0.05, 0.1) is 10.0 Å². The van der Waals surface area contributed by atoms with E-state index in [4.69, 9.17) is 23.2 Å². The number of tetrazole rings is 1. The molecule has 1 aromatic carbocycles. The number of rotatable bonds is 3. The van der Waals surface area contributed by atoms with E-state index < -0.39 is 11.5 Å². The van der Waals surface area contributed by atoms with Gasteiger partial charge in [-0.05, 0) is 22.6 Å². The third-order valence-corrected chi connectivity index (χ3v) is 2.81. The number of ketones is 1. The van der Waals surface area contributed by atoms with E-state index in [1.165, 1.54) is 12.1 Å². The lowest BCUT2D eigenvalue weighted by atomic mass is 10.1. The number of carbonyl (C=O) groups is 2. The molecule has 0 atom stereocenters. The van der Waals surface area contributed by atoms with Crippen molar-refractivity contribution in [1.29, 1.82) is 0 Å². The molecule has 18 heavy (non-hydrogen) atoms. The molecule has 0 saturated carbocycles. The van der Waals surface area contributed by atoms with Crippen molar-refractivity contribution in [2.45, 2.75) is 0 Å². The van der Waals surface area contributed by atoms with Crippen LogP contribution in [-0.4, -0.2) is 32.3 Å². The smallest absolute Gasteiger partial charge is 0.294 e. The van der Waals surface area contributed by atoms with E-state index in [-0.39, 0.29) is 27.6 Å². The topological polar surface area (TPSA) is 97.7 Å². The molecule has 7 nitrogen and oxygen atoms in total. The Morgan fingerprint density at radius 3 is 2.67 bits per heavy atom. The van der Waals surface area contributed by atoms with E-state index in [0.29, 0.717) is 0 Å². The molecule has 0 spiro atoms. The molecule has 0 saturated heterocycles. The zero-order valence-corrected chi connectivity index (χ0v) is 10.1. The molecule has 2 rings (SSSR count). The number of nitrogens with one attached hydrogen (secondary N) is 1. The van der Waals surface area contributed by atoms with Crippen molar-refractivity contribution < 1.29 is 9.59 Å². The predicted octanol–water partition coefficient (Wildman–Crippen LogP) is 0.644. The third kappa shape index (κ3) is 1.93. The highest BCUT2D eigenvalue weighted by Crippen LogP contribution is 2.30. The van der Waals surface area contributed by atoms with Gasteiger partial charge in [0.25, 0.3) is 0 Å². The van der Waals surface area contributed by atoms with Gasteiger partial charge in [0, 0.05) is 5.56 Å². The number of Topliss-reactive ketones (excluding diaryl/α,β-unsaturated/α-hetero) is 1. The SMILES string of the molecule is O=CC(=O)c1ccc(Cl)c(-n2nn[nH]c2=O)c1Cl. The minimum absolute atomic E-state index is 0.00946. The average molecular weight is 287 g/mol. The second-order valence-electron chi connectivity index (χ2n) is 3.16. The summed E-state index contributed by atoms with van der Waals surface area (Å²) in [6.45, 7) is 0. The number of nitrogens with zero attached hydrogens (tertiary/aromatic N) is 3. The number of halogens is 2. The Balaban J connectivity index is 2.75. The van der Waals surface area contributed by atoms with Gasteiger partial charge >= 0.3 is 5.69 Å². The first kappa shape index (κ1) is 12.5. The molecule has 0 amide bonds. The molecule has 0 bridgehead atoms. The molecule has 1 N–H and O–H groups in total. The van der Waals surface area contributed by atoms with E-state index in [9.17, 15) is 14.4 Å². The Morgan fingerprint density at radius 1 is 1.39 bits per heavy atom. The molecule has 0 aliphatic heterocycles. The molecule has 0 aliphatic rings. The Labute approximate surface area is 109 Å². The molecule has 1 heterocycles. The fraction of sp³-hybridized carbons (Fsp3) is 0. The Hall–Kier alpha value is -1.99. The average Bonchev–Trinajstić information content (AvgIpc) is 2.75. The van der Waals surface area contributed by atoms with Crippen LogP contribution in [0.5, 0.6) is 0 Å². The van der Waals surface area contributed by atoms with E-state index >= 15 is 0 Å². The zero-order chi connectivity index (χ0) is 13.3. The summed E-state index contributed by atoms with van der Waals surface area (Å²) in [7, 11) is 0. The molecule has 0 radical (unpaired) electrons. The van der Waals surface area contributed by atoms with Crippen LogP contribution >= 0.6 is 23.2 Å². The van der Waals surface area contributed by atoms with Gasteiger partial charge in [-0.2, -0.15) is 4.68 Å². The van der Waals surface area contributed by atoms with Crippen LogP contribution in [0.1, 0.15) is 10.4 Å². The second-order valence-corrected chi connectivity index (χ2v) is 3.94. The molecule has 2 aromatic rings. The van der Waals surface area contributed by atoms with E-state index in [1.807, 2.05) is 0 Å². The lowest BCUT2D eigenvalue weighted by Crippen LogP contribution is -2.18. The molecule has 1 aromatic heterocycles. The number of H-pyrrole nitrogens is 1. The highest BCUT2D eigenvalue weighted by molar-refractivity contribution is 6.44. The van der Waals surface area contributed by atoms with Crippen molar-refractivity contribution in [2.24, 2.45) is 0 Å². The van der Waals surface area contributed by atoms with Crippen LogP contribution < -0.4 is 5.69 Å². The number of carbonyl (C=O) groups excluding carboxylic acids is 2. The van der Waals surface area contributed by atoms with Crippen LogP contribution in [0.3, 0.4) is 0 Å². The van der Waals surface area contributed by atoms with Crippen molar-refractivity contribution in [1.82, 2.24) is 20.2 Å². The molecule has 9 heteroatoms. The maximum Gasteiger partial charge on any atom is 0.365 e. The van der Waals surface area contributed by atoms with Crippen LogP contribution in [0.15, 0.2) is 16.9 Å². The molecule has 0 aliphatic carbocycles. The number of aromatic nitrogens is 4. The summed E-state index contributed by atoms with van der Waals surface area (Å²) in [5.74, 6) is -0.825. The molecule has 92 valence electrons. The number of benzene rings is 1. The normalized spacial score (nSPS) is 10.3. The highest BCUT2D eigenvalue weighted by Gasteiger charge is 2.19. The van der Waals surface area contributed by atoms with Crippen LogP contribution in [0.25, 0.3) is 5.69 Å². The van der Waals surface area contributed by atoms with E-state index in [1.54, 1.807) is 0 Å². The Kier molecular flexibility index (Phi) is 3.26. The van der Waals surface area contributed by atoms with Gasteiger partial charge in [-0.15, -0.1) is 0 Å². The van der Waals surface area contributed by atoms with Gasteiger partial charge in [-0.25, -0.2) is 9.89 Å². The zero-order valence-electron chi connectivity index (χ0n) is 8.55. The predicted molar refractivity (Wildman–Crippen MR) is 62.4 cm³/mol. The van der Waals surface area contributed by atoms with Crippen LogP contribution in [-0.2, 0) is 4.79 Å². The van der Waals surface area contributed by atoms with Crippen molar-refractivity contribution >= 4 is 35.3 Å². The lowest BCUT2D eigenvalue weighted by molar-refractivity contribution is -0.104.